The Morgan fingerprint density at radius 1 is 0.879 bits per heavy atom. The fourth-order valence-electron chi connectivity index (χ4n) is 4.25. The predicted octanol–water partition coefficient (Wildman–Crippen LogP) is 4.18. The zero-order chi connectivity index (χ0) is 22.6. The van der Waals surface area contributed by atoms with Crippen LogP contribution in [0.15, 0.2) is 72.1 Å². The van der Waals surface area contributed by atoms with Gasteiger partial charge in [-0.1, -0.05) is 6.07 Å². The minimum Gasteiger partial charge on any atom is -0.462 e. The summed E-state index contributed by atoms with van der Waals surface area (Å²) in [6, 6.07) is 13.0. The van der Waals surface area contributed by atoms with Crippen molar-refractivity contribution in [3.05, 3.63) is 90.0 Å². The molecule has 0 unspecified atom stereocenters. The number of nitrogens with zero attached hydrogens (tertiary/aromatic N) is 4. The number of halogens is 2. The van der Waals surface area contributed by atoms with Crippen LogP contribution in [0.5, 0.6) is 11.5 Å². The largest absolute Gasteiger partial charge is 0.462 e. The van der Waals surface area contributed by atoms with Crippen molar-refractivity contribution < 1.29 is 18.3 Å². The van der Waals surface area contributed by atoms with Crippen LogP contribution in [0, 0.1) is 11.8 Å². The van der Waals surface area contributed by atoms with Gasteiger partial charge in [-0.15, -0.1) is 0 Å². The summed E-state index contributed by atoms with van der Waals surface area (Å²) in [5.74, 6) is -0.459. The summed E-state index contributed by atoms with van der Waals surface area (Å²) in [5, 5.41) is 0. The number of aromatic nitrogens is 3. The molecule has 6 rings (SSSR count). The Hall–Kier alpha value is -4.40. The van der Waals surface area contributed by atoms with Gasteiger partial charge in [0, 0.05) is 40.8 Å². The maximum Gasteiger partial charge on any atom is 0.283 e. The molecule has 0 radical (unpaired) electrons. The van der Waals surface area contributed by atoms with Crippen molar-refractivity contribution in [2.75, 3.05) is 6.61 Å². The predicted molar refractivity (Wildman–Crippen MR) is 115 cm³/mol. The van der Waals surface area contributed by atoms with Gasteiger partial charge >= 0.3 is 0 Å². The second-order valence-corrected chi connectivity index (χ2v) is 7.66. The molecule has 0 amide bonds. The monoisotopic (exact) mass is 443 g/mol. The molecule has 9 heteroatoms. The molecule has 4 aromatic rings. The minimum atomic E-state index is -1.19. The maximum absolute atomic E-state index is 15.3. The Labute approximate surface area is 186 Å². The van der Waals surface area contributed by atoms with Crippen molar-refractivity contribution in [3.63, 3.8) is 0 Å². The standard InChI is InChI=1S/C24H15F2N5O2/c25-18-11-14(22-29-7-2-8-30-22)10-17-20(18)33-19-5-4-13(15-3-1-6-28-21(15)26)9-16(19)24(17)12-32-23(27)31-24/h1-11H,12H2,(H2,27,31)/t24-/m0/s1. The molecule has 0 aliphatic carbocycles. The van der Waals surface area contributed by atoms with E-state index in [0.29, 0.717) is 39.4 Å². The van der Waals surface area contributed by atoms with E-state index in [1.54, 1.807) is 54.9 Å². The number of fused-ring (bicyclic) bond motifs is 4. The Bertz CT molecular complexity index is 1440. The van der Waals surface area contributed by atoms with Gasteiger partial charge in [-0.2, -0.15) is 4.39 Å². The van der Waals surface area contributed by atoms with Crippen molar-refractivity contribution in [2.24, 2.45) is 10.7 Å². The minimum absolute atomic E-state index is 0.0181. The number of ether oxygens (including phenoxy) is 2. The molecule has 2 aliphatic heterocycles. The van der Waals surface area contributed by atoms with Crippen LogP contribution in [0.1, 0.15) is 11.1 Å². The van der Waals surface area contributed by atoms with Crippen LogP contribution in [0.3, 0.4) is 0 Å². The van der Waals surface area contributed by atoms with E-state index in [0.717, 1.165) is 0 Å². The third-order valence-electron chi connectivity index (χ3n) is 5.75. The van der Waals surface area contributed by atoms with Crippen LogP contribution in [-0.4, -0.2) is 27.6 Å². The van der Waals surface area contributed by atoms with Gasteiger partial charge in [0.05, 0.1) is 0 Å². The highest BCUT2D eigenvalue weighted by Gasteiger charge is 2.48. The first-order chi connectivity index (χ1) is 16.0. The van der Waals surface area contributed by atoms with Crippen molar-refractivity contribution in [2.45, 2.75) is 5.54 Å². The third-order valence-corrected chi connectivity index (χ3v) is 5.75. The van der Waals surface area contributed by atoms with Crippen LogP contribution in [0.4, 0.5) is 8.78 Å². The van der Waals surface area contributed by atoms with Crippen LogP contribution >= 0.6 is 0 Å². The average Bonchev–Trinajstić information content (AvgIpc) is 3.23. The SMILES string of the molecule is NC1=N[C@@]2(CO1)c1cc(-c3cccnc3F)ccc1Oc1c(F)cc(-c3ncccn3)cc12. The summed E-state index contributed by atoms with van der Waals surface area (Å²) < 4.78 is 41.2. The fourth-order valence-corrected chi connectivity index (χ4v) is 4.25. The van der Waals surface area contributed by atoms with E-state index >= 15 is 4.39 Å². The first-order valence-electron chi connectivity index (χ1n) is 10.1. The number of nitrogens with two attached hydrogens (primary N) is 1. The Kier molecular flexibility index (Phi) is 4.13. The molecule has 2 aromatic carbocycles. The van der Waals surface area contributed by atoms with E-state index in [2.05, 4.69) is 19.9 Å². The highest BCUT2D eigenvalue weighted by Crippen LogP contribution is 2.53. The molecular weight excluding hydrogens is 428 g/mol. The van der Waals surface area contributed by atoms with Gasteiger partial charge < -0.3 is 15.2 Å². The number of amidine groups is 1. The second-order valence-electron chi connectivity index (χ2n) is 7.66. The highest BCUT2D eigenvalue weighted by molar-refractivity contribution is 5.78. The molecule has 1 atom stereocenters. The van der Waals surface area contributed by atoms with E-state index in [1.165, 1.54) is 12.3 Å². The van der Waals surface area contributed by atoms with Gasteiger partial charge in [-0.05, 0) is 48.0 Å². The van der Waals surface area contributed by atoms with Crippen LogP contribution in [-0.2, 0) is 10.3 Å². The Balaban J connectivity index is 1.59. The molecule has 2 N–H and O–H groups in total. The number of aliphatic imine (C=N–C) groups is 1. The molecule has 2 aromatic heterocycles. The summed E-state index contributed by atoms with van der Waals surface area (Å²) in [6.07, 6.45) is 4.53. The summed E-state index contributed by atoms with van der Waals surface area (Å²) in [5.41, 5.74) is 7.05. The van der Waals surface area contributed by atoms with Crippen molar-refractivity contribution in [3.8, 4) is 34.0 Å². The smallest absolute Gasteiger partial charge is 0.283 e. The lowest BCUT2D eigenvalue weighted by Crippen LogP contribution is -2.31. The maximum atomic E-state index is 15.3. The number of pyridine rings is 1. The molecule has 2 aliphatic rings. The molecular formula is C24H15F2N5O2. The number of hydrogen-bond acceptors (Lipinski definition) is 7. The molecule has 0 saturated heterocycles. The van der Waals surface area contributed by atoms with Gasteiger partial charge in [0.1, 0.15) is 12.4 Å². The van der Waals surface area contributed by atoms with E-state index in [1.807, 2.05) is 0 Å². The molecule has 0 bridgehead atoms. The van der Waals surface area contributed by atoms with Gasteiger partial charge in [-0.25, -0.2) is 24.3 Å². The Morgan fingerprint density at radius 3 is 2.42 bits per heavy atom. The van der Waals surface area contributed by atoms with Crippen LogP contribution in [0.2, 0.25) is 0 Å². The Morgan fingerprint density at radius 2 is 1.67 bits per heavy atom. The second kappa shape index (κ2) is 7.06. The number of hydrogen-bond donors (Lipinski definition) is 1. The number of benzene rings is 2. The summed E-state index contributed by atoms with van der Waals surface area (Å²) in [6.45, 7) is 0.0275. The molecule has 0 fully saturated rings. The lowest BCUT2D eigenvalue weighted by atomic mass is 9.79. The average molecular weight is 443 g/mol. The normalized spacial score (nSPS) is 18.2. The fraction of sp³-hybridized carbons (Fsp3) is 0.0833. The summed E-state index contributed by atoms with van der Waals surface area (Å²) >= 11 is 0. The third kappa shape index (κ3) is 2.93. The van der Waals surface area contributed by atoms with E-state index < -0.39 is 17.3 Å². The van der Waals surface area contributed by atoms with Crippen molar-refractivity contribution in [1.29, 1.82) is 0 Å². The molecule has 4 heterocycles. The molecule has 162 valence electrons. The summed E-state index contributed by atoms with van der Waals surface area (Å²) in [7, 11) is 0. The molecule has 7 nitrogen and oxygen atoms in total. The summed E-state index contributed by atoms with van der Waals surface area (Å²) in [4.78, 5) is 16.7. The van der Waals surface area contributed by atoms with Crippen molar-refractivity contribution in [1.82, 2.24) is 15.0 Å². The zero-order valence-corrected chi connectivity index (χ0v) is 17.0. The van der Waals surface area contributed by atoms with Crippen LogP contribution < -0.4 is 10.5 Å². The lowest BCUT2D eigenvalue weighted by molar-refractivity contribution is 0.262. The quantitative estimate of drug-likeness (QED) is 0.467. The molecule has 0 saturated carbocycles. The van der Waals surface area contributed by atoms with E-state index in [4.69, 9.17) is 15.2 Å². The first kappa shape index (κ1) is 19.3. The van der Waals surface area contributed by atoms with Gasteiger partial charge in [-0.3, -0.25) is 0 Å². The molecule has 33 heavy (non-hydrogen) atoms. The van der Waals surface area contributed by atoms with Gasteiger partial charge in [0.2, 0.25) is 5.95 Å². The molecule has 1 spiro atoms. The van der Waals surface area contributed by atoms with Gasteiger partial charge in [0.25, 0.3) is 6.02 Å². The van der Waals surface area contributed by atoms with Crippen molar-refractivity contribution >= 4 is 6.02 Å². The topological polar surface area (TPSA) is 95.5 Å². The first-order valence-corrected chi connectivity index (χ1v) is 10.1. The van der Waals surface area contributed by atoms with Crippen LogP contribution in [0.25, 0.3) is 22.5 Å². The number of rotatable bonds is 2. The highest BCUT2D eigenvalue weighted by atomic mass is 19.1. The lowest BCUT2D eigenvalue weighted by Gasteiger charge is -2.34. The zero-order valence-electron chi connectivity index (χ0n) is 17.0. The van der Waals surface area contributed by atoms with E-state index in [9.17, 15) is 4.39 Å². The van der Waals surface area contributed by atoms with Gasteiger partial charge in [0.15, 0.2) is 22.9 Å². The van der Waals surface area contributed by atoms with E-state index in [-0.39, 0.29) is 18.4 Å².